The number of carbonyl (C=O) groups excluding carboxylic acids is 2. The van der Waals surface area contributed by atoms with E-state index in [1.54, 1.807) is 54.6 Å². The molecule has 130 valence electrons. The van der Waals surface area contributed by atoms with Gasteiger partial charge < -0.3 is 4.74 Å². The van der Waals surface area contributed by atoms with Crippen LogP contribution in [0, 0.1) is 0 Å². The van der Waals surface area contributed by atoms with Crippen LogP contribution in [0.4, 0.5) is 0 Å². The Morgan fingerprint density at radius 1 is 0.808 bits per heavy atom. The Hall–Kier alpha value is -2.62. The number of halogens is 2. The monoisotopic (exact) mass is 384 g/mol. The normalized spacial score (nSPS) is 11.6. The largest absolute Gasteiger partial charge is 0.445 e. The zero-order valence-electron chi connectivity index (χ0n) is 13.6. The summed E-state index contributed by atoms with van der Waals surface area (Å²) in [6.07, 6.45) is -1.07. The van der Waals surface area contributed by atoms with Gasteiger partial charge in [-0.1, -0.05) is 83.9 Å². The molecular weight excluding hydrogens is 371 g/mol. The number of esters is 1. The van der Waals surface area contributed by atoms with Gasteiger partial charge in [-0.2, -0.15) is 0 Å². The van der Waals surface area contributed by atoms with E-state index in [2.05, 4.69) is 0 Å². The number of carbonyl (C=O) groups is 2. The van der Waals surface area contributed by atoms with E-state index in [4.69, 9.17) is 27.9 Å². The minimum atomic E-state index is -1.07. The lowest BCUT2D eigenvalue weighted by atomic mass is 10.00. The summed E-state index contributed by atoms with van der Waals surface area (Å²) in [6.45, 7) is 0. The zero-order valence-corrected chi connectivity index (χ0v) is 15.1. The molecule has 0 aliphatic rings. The molecule has 26 heavy (non-hydrogen) atoms. The molecule has 0 aromatic heterocycles. The Morgan fingerprint density at radius 3 is 2.04 bits per heavy atom. The van der Waals surface area contributed by atoms with Gasteiger partial charge in [0, 0.05) is 16.1 Å². The molecule has 0 aliphatic heterocycles. The standard InChI is InChI=1S/C21H14Cl2O3/c22-16-11-12-17(18(23)13-16)21(25)26-20(15-9-5-2-6-10-15)19(24)14-7-3-1-4-8-14/h1-13,20H/t20-/m0/s1. The van der Waals surface area contributed by atoms with Crippen molar-refractivity contribution in [3.8, 4) is 0 Å². The minimum absolute atomic E-state index is 0.151. The van der Waals surface area contributed by atoms with Crippen molar-refractivity contribution < 1.29 is 14.3 Å². The Bertz CT molecular complexity index is 925. The average molecular weight is 385 g/mol. The van der Waals surface area contributed by atoms with Crippen molar-refractivity contribution in [1.29, 1.82) is 0 Å². The third-order valence-corrected chi connectivity index (χ3v) is 4.32. The zero-order chi connectivity index (χ0) is 18.5. The van der Waals surface area contributed by atoms with Crippen LogP contribution in [0.1, 0.15) is 32.4 Å². The number of rotatable bonds is 5. The molecule has 3 aromatic carbocycles. The Balaban J connectivity index is 1.94. The average Bonchev–Trinajstić information content (AvgIpc) is 2.67. The molecule has 0 saturated heterocycles. The maximum Gasteiger partial charge on any atom is 0.340 e. The van der Waals surface area contributed by atoms with Gasteiger partial charge in [-0.3, -0.25) is 4.79 Å². The minimum Gasteiger partial charge on any atom is -0.445 e. The highest BCUT2D eigenvalue weighted by Crippen LogP contribution is 2.27. The summed E-state index contributed by atoms with van der Waals surface area (Å²) in [5.41, 5.74) is 1.19. The molecule has 0 bridgehead atoms. The van der Waals surface area contributed by atoms with Crippen LogP contribution in [0.25, 0.3) is 0 Å². The van der Waals surface area contributed by atoms with Crippen molar-refractivity contribution in [3.05, 3.63) is 106 Å². The number of benzene rings is 3. The van der Waals surface area contributed by atoms with Crippen molar-refractivity contribution in [3.63, 3.8) is 0 Å². The van der Waals surface area contributed by atoms with Crippen LogP contribution in [-0.2, 0) is 4.74 Å². The van der Waals surface area contributed by atoms with E-state index < -0.39 is 12.1 Å². The van der Waals surface area contributed by atoms with Gasteiger partial charge in [-0.15, -0.1) is 0 Å². The van der Waals surface area contributed by atoms with E-state index in [9.17, 15) is 9.59 Å². The third kappa shape index (κ3) is 4.13. The summed E-state index contributed by atoms with van der Waals surface area (Å²) in [4.78, 5) is 25.5. The summed E-state index contributed by atoms with van der Waals surface area (Å²) in [7, 11) is 0. The second-order valence-corrected chi connectivity index (χ2v) is 6.39. The fraction of sp³-hybridized carbons (Fsp3) is 0.0476. The molecule has 3 nitrogen and oxygen atoms in total. The predicted molar refractivity (Wildman–Crippen MR) is 102 cm³/mol. The first-order valence-electron chi connectivity index (χ1n) is 7.86. The smallest absolute Gasteiger partial charge is 0.340 e. The molecule has 0 radical (unpaired) electrons. The van der Waals surface area contributed by atoms with E-state index in [1.807, 2.05) is 12.1 Å². The highest BCUT2D eigenvalue weighted by Gasteiger charge is 2.27. The number of Topliss-reactive ketones (excluding diaryl/α,β-unsaturated/α-hetero) is 1. The maximum atomic E-state index is 12.9. The van der Waals surface area contributed by atoms with Crippen molar-refractivity contribution in [1.82, 2.24) is 0 Å². The number of ketones is 1. The molecule has 3 aromatic rings. The molecule has 0 aliphatic carbocycles. The fourth-order valence-corrected chi connectivity index (χ4v) is 2.97. The van der Waals surface area contributed by atoms with E-state index in [0.29, 0.717) is 16.1 Å². The van der Waals surface area contributed by atoms with Gasteiger partial charge in [0.25, 0.3) is 0 Å². The Kier molecular flexibility index (Phi) is 5.71. The topological polar surface area (TPSA) is 43.4 Å². The Labute approximate surface area is 161 Å². The second kappa shape index (κ2) is 8.17. The van der Waals surface area contributed by atoms with E-state index >= 15 is 0 Å². The van der Waals surface area contributed by atoms with Crippen molar-refractivity contribution in [2.75, 3.05) is 0 Å². The van der Waals surface area contributed by atoms with Gasteiger partial charge in [-0.05, 0) is 18.2 Å². The first-order chi connectivity index (χ1) is 12.6. The van der Waals surface area contributed by atoms with Gasteiger partial charge in [0.2, 0.25) is 5.78 Å². The molecule has 1 atom stereocenters. The predicted octanol–water partition coefficient (Wildman–Crippen LogP) is 5.77. The summed E-state index contributed by atoms with van der Waals surface area (Å²) in [6, 6.07) is 22.0. The molecule has 0 N–H and O–H groups in total. The van der Waals surface area contributed by atoms with Gasteiger partial charge in [0.05, 0.1) is 10.6 Å². The van der Waals surface area contributed by atoms with Crippen LogP contribution in [0.5, 0.6) is 0 Å². The van der Waals surface area contributed by atoms with Gasteiger partial charge in [0.15, 0.2) is 6.10 Å². The molecule has 5 heteroatoms. The van der Waals surface area contributed by atoms with Gasteiger partial charge in [0.1, 0.15) is 0 Å². The van der Waals surface area contributed by atoms with E-state index in [0.717, 1.165) is 0 Å². The highest BCUT2D eigenvalue weighted by atomic mass is 35.5. The number of ether oxygens (including phenoxy) is 1. The van der Waals surface area contributed by atoms with Crippen molar-refractivity contribution in [2.45, 2.75) is 6.10 Å². The van der Waals surface area contributed by atoms with Crippen LogP contribution >= 0.6 is 23.2 Å². The van der Waals surface area contributed by atoms with Crippen molar-refractivity contribution >= 4 is 35.0 Å². The molecule has 0 unspecified atom stereocenters. The van der Waals surface area contributed by atoms with Crippen LogP contribution in [0.3, 0.4) is 0 Å². The lowest BCUT2D eigenvalue weighted by Gasteiger charge is -2.18. The Morgan fingerprint density at radius 2 is 1.42 bits per heavy atom. The summed E-state index contributed by atoms with van der Waals surface area (Å²) < 4.78 is 5.54. The number of hydrogen-bond acceptors (Lipinski definition) is 3. The molecular formula is C21H14Cl2O3. The summed E-state index contributed by atoms with van der Waals surface area (Å²) in [5, 5.41) is 0.577. The van der Waals surface area contributed by atoms with Crippen molar-refractivity contribution in [2.24, 2.45) is 0 Å². The first-order valence-corrected chi connectivity index (χ1v) is 8.62. The summed E-state index contributed by atoms with van der Waals surface area (Å²) >= 11 is 11.9. The van der Waals surface area contributed by atoms with E-state index in [-0.39, 0.29) is 16.4 Å². The van der Waals surface area contributed by atoms with Gasteiger partial charge in [-0.25, -0.2) is 4.79 Å². The van der Waals surface area contributed by atoms with E-state index in [1.165, 1.54) is 12.1 Å². The van der Waals surface area contributed by atoms with Crippen LogP contribution in [-0.4, -0.2) is 11.8 Å². The lowest BCUT2D eigenvalue weighted by molar-refractivity contribution is 0.0280. The SMILES string of the molecule is O=C(O[C@H](C(=O)c1ccccc1)c1ccccc1)c1ccc(Cl)cc1Cl. The molecule has 0 amide bonds. The molecule has 0 saturated carbocycles. The number of hydrogen-bond donors (Lipinski definition) is 0. The quantitative estimate of drug-likeness (QED) is 0.413. The van der Waals surface area contributed by atoms with Crippen LogP contribution in [0.2, 0.25) is 10.0 Å². The van der Waals surface area contributed by atoms with Crippen LogP contribution in [0.15, 0.2) is 78.9 Å². The highest BCUT2D eigenvalue weighted by molar-refractivity contribution is 6.36. The molecule has 0 heterocycles. The molecule has 3 rings (SSSR count). The lowest BCUT2D eigenvalue weighted by Crippen LogP contribution is -2.20. The second-order valence-electron chi connectivity index (χ2n) is 5.55. The molecule has 0 fully saturated rings. The first kappa shape index (κ1) is 18.2. The van der Waals surface area contributed by atoms with Crippen LogP contribution < -0.4 is 0 Å². The fourth-order valence-electron chi connectivity index (χ4n) is 2.48. The third-order valence-electron chi connectivity index (χ3n) is 3.77. The summed E-state index contributed by atoms with van der Waals surface area (Å²) in [5.74, 6) is -1.000. The molecule has 0 spiro atoms. The van der Waals surface area contributed by atoms with Gasteiger partial charge >= 0.3 is 5.97 Å². The maximum absolute atomic E-state index is 12.9.